The molecule has 4 rings (SSSR count). The highest BCUT2D eigenvalue weighted by molar-refractivity contribution is 5.89. The van der Waals surface area contributed by atoms with Gasteiger partial charge in [-0.1, -0.05) is 36.4 Å². The van der Waals surface area contributed by atoms with Crippen LogP contribution in [-0.4, -0.2) is 48.1 Å². The van der Waals surface area contributed by atoms with Gasteiger partial charge in [0.05, 0.1) is 0 Å². The Morgan fingerprint density at radius 3 is 2.78 bits per heavy atom. The predicted octanol–water partition coefficient (Wildman–Crippen LogP) is 3.97. The van der Waals surface area contributed by atoms with E-state index in [0.717, 1.165) is 43.1 Å². The molecule has 2 amide bonds. The average molecular weight is 365 g/mol. The second-order valence-corrected chi connectivity index (χ2v) is 7.36. The number of benzene rings is 2. The third-order valence-electron chi connectivity index (χ3n) is 5.42. The van der Waals surface area contributed by atoms with Crippen molar-refractivity contribution in [3.05, 3.63) is 60.2 Å². The van der Waals surface area contributed by atoms with Crippen molar-refractivity contribution in [3.8, 4) is 5.75 Å². The fourth-order valence-corrected chi connectivity index (χ4v) is 4.00. The minimum Gasteiger partial charge on any atom is -0.489 e. The van der Waals surface area contributed by atoms with E-state index in [1.54, 1.807) is 0 Å². The first kappa shape index (κ1) is 17.9. The quantitative estimate of drug-likeness (QED) is 0.892. The van der Waals surface area contributed by atoms with Crippen molar-refractivity contribution in [2.75, 3.05) is 31.5 Å². The molecule has 2 fully saturated rings. The van der Waals surface area contributed by atoms with Gasteiger partial charge in [-0.2, -0.15) is 0 Å². The van der Waals surface area contributed by atoms with Crippen LogP contribution in [0.5, 0.6) is 5.75 Å². The molecule has 0 bridgehead atoms. The van der Waals surface area contributed by atoms with Crippen molar-refractivity contribution in [1.29, 1.82) is 0 Å². The number of fused-ring (bicyclic) bond motifs is 1. The third kappa shape index (κ3) is 4.61. The smallest absolute Gasteiger partial charge is 0.321 e. The maximum absolute atomic E-state index is 12.8. The standard InChI is InChI=1S/C22H27N3O2/c26-22(25-14-6-13-24-12-5-10-20(24)16-25)23-19-9-4-11-21(15-19)27-17-18-7-2-1-3-8-18/h1-4,7-9,11,15,20H,5-6,10,12-14,16-17H2,(H,23,26)/t20-/m0/s1. The highest BCUT2D eigenvalue weighted by atomic mass is 16.5. The molecule has 2 aromatic rings. The first-order valence-corrected chi connectivity index (χ1v) is 9.85. The van der Waals surface area contributed by atoms with Gasteiger partial charge in [-0.3, -0.25) is 4.90 Å². The zero-order valence-electron chi connectivity index (χ0n) is 15.6. The number of nitrogens with zero attached hydrogens (tertiary/aromatic N) is 2. The number of rotatable bonds is 4. The van der Waals surface area contributed by atoms with Crippen LogP contribution in [0.1, 0.15) is 24.8 Å². The lowest BCUT2D eigenvalue weighted by Gasteiger charge is -2.26. The largest absolute Gasteiger partial charge is 0.489 e. The minimum atomic E-state index is -0.0102. The van der Waals surface area contributed by atoms with Crippen molar-refractivity contribution in [2.24, 2.45) is 0 Å². The first-order chi connectivity index (χ1) is 13.3. The molecular formula is C22H27N3O2. The van der Waals surface area contributed by atoms with Crippen LogP contribution >= 0.6 is 0 Å². The monoisotopic (exact) mass is 365 g/mol. The molecule has 0 radical (unpaired) electrons. The molecule has 1 atom stereocenters. The SMILES string of the molecule is O=C(Nc1cccc(OCc2ccccc2)c1)N1CCCN2CCC[C@H]2C1. The van der Waals surface area contributed by atoms with E-state index in [9.17, 15) is 4.79 Å². The van der Waals surface area contributed by atoms with Crippen LogP contribution in [0.3, 0.4) is 0 Å². The van der Waals surface area contributed by atoms with Crippen LogP contribution in [0.25, 0.3) is 0 Å². The van der Waals surface area contributed by atoms with E-state index < -0.39 is 0 Å². The van der Waals surface area contributed by atoms with Crippen LogP contribution in [0.2, 0.25) is 0 Å². The lowest BCUT2D eigenvalue weighted by Crippen LogP contribution is -2.41. The van der Waals surface area contributed by atoms with E-state index in [-0.39, 0.29) is 6.03 Å². The van der Waals surface area contributed by atoms with Gasteiger partial charge in [-0.25, -0.2) is 4.79 Å². The summed E-state index contributed by atoms with van der Waals surface area (Å²) in [6.45, 7) is 4.46. The Bertz CT molecular complexity index is 765. The highest BCUT2D eigenvalue weighted by Crippen LogP contribution is 2.23. The second-order valence-electron chi connectivity index (χ2n) is 7.36. The van der Waals surface area contributed by atoms with Crippen molar-refractivity contribution in [3.63, 3.8) is 0 Å². The lowest BCUT2D eigenvalue weighted by atomic mass is 10.2. The number of amides is 2. The number of nitrogens with one attached hydrogen (secondary N) is 1. The zero-order valence-corrected chi connectivity index (χ0v) is 15.6. The zero-order chi connectivity index (χ0) is 18.5. The molecule has 2 saturated heterocycles. The summed E-state index contributed by atoms with van der Waals surface area (Å²) < 4.78 is 5.86. The van der Waals surface area contributed by atoms with Gasteiger partial charge >= 0.3 is 6.03 Å². The molecular weight excluding hydrogens is 338 g/mol. The molecule has 5 nitrogen and oxygen atoms in total. The Balaban J connectivity index is 1.35. The average Bonchev–Trinajstić information content (AvgIpc) is 3.04. The summed E-state index contributed by atoms with van der Waals surface area (Å²) in [6.07, 6.45) is 3.50. The normalized spacial score (nSPS) is 20.0. The van der Waals surface area contributed by atoms with E-state index >= 15 is 0 Å². The summed E-state index contributed by atoms with van der Waals surface area (Å²) in [4.78, 5) is 17.3. The molecule has 0 saturated carbocycles. The summed E-state index contributed by atoms with van der Waals surface area (Å²) in [6, 6.07) is 18.2. The number of hydrogen-bond acceptors (Lipinski definition) is 3. The molecule has 142 valence electrons. The van der Waals surface area contributed by atoms with Crippen molar-refractivity contribution in [1.82, 2.24) is 9.80 Å². The van der Waals surface area contributed by atoms with Crippen LogP contribution in [-0.2, 0) is 6.61 Å². The maximum atomic E-state index is 12.8. The highest BCUT2D eigenvalue weighted by Gasteiger charge is 2.30. The van der Waals surface area contributed by atoms with Gasteiger partial charge < -0.3 is 15.0 Å². The molecule has 5 heteroatoms. The van der Waals surface area contributed by atoms with E-state index in [0.29, 0.717) is 12.6 Å². The van der Waals surface area contributed by atoms with Gasteiger partial charge in [0.1, 0.15) is 12.4 Å². The number of ether oxygens (including phenoxy) is 1. The van der Waals surface area contributed by atoms with Gasteiger partial charge in [0.2, 0.25) is 0 Å². The summed E-state index contributed by atoms with van der Waals surface area (Å²) in [5.74, 6) is 0.759. The van der Waals surface area contributed by atoms with Gasteiger partial charge in [0.25, 0.3) is 0 Å². The van der Waals surface area contributed by atoms with E-state index in [1.807, 2.05) is 59.5 Å². The van der Waals surface area contributed by atoms with Gasteiger partial charge in [0.15, 0.2) is 0 Å². The van der Waals surface area contributed by atoms with E-state index in [2.05, 4.69) is 10.2 Å². The maximum Gasteiger partial charge on any atom is 0.321 e. The Morgan fingerprint density at radius 2 is 1.89 bits per heavy atom. The number of anilines is 1. The minimum absolute atomic E-state index is 0.0102. The second kappa shape index (κ2) is 8.44. The molecule has 0 unspecified atom stereocenters. The van der Waals surface area contributed by atoms with Crippen LogP contribution < -0.4 is 10.1 Å². The van der Waals surface area contributed by atoms with Crippen molar-refractivity contribution >= 4 is 11.7 Å². The number of carbonyl (C=O) groups is 1. The Labute approximate surface area is 160 Å². The topological polar surface area (TPSA) is 44.8 Å². The number of hydrogen-bond donors (Lipinski definition) is 1. The Kier molecular flexibility index (Phi) is 5.58. The molecule has 2 aromatic carbocycles. The first-order valence-electron chi connectivity index (χ1n) is 9.85. The number of urea groups is 1. The molecule has 2 heterocycles. The summed E-state index contributed by atoms with van der Waals surface area (Å²) >= 11 is 0. The Morgan fingerprint density at radius 1 is 1.04 bits per heavy atom. The van der Waals surface area contributed by atoms with Crippen molar-refractivity contribution < 1.29 is 9.53 Å². The molecule has 1 N–H and O–H groups in total. The molecule has 2 aliphatic rings. The summed E-state index contributed by atoms with van der Waals surface area (Å²) in [5, 5.41) is 3.05. The predicted molar refractivity (Wildman–Crippen MR) is 107 cm³/mol. The molecule has 2 aliphatic heterocycles. The van der Waals surface area contributed by atoms with Gasteiger partial charge in [-0.05, 0) is 43.5 Å². The van der Waals surface area contributed by atoms with E-state index in [4.69, 9.17) is 4.74 Å². The van der Waals surface area contributed by atoms with Gasteiger partial charge in [-0.15, -0.1) is 0 Å². The molecule has 0 spiro atoms. The van der Waals surface area contributed by atoms with Crippen LogP contribution in [0.15, 0.2) is 54.6 Å². The van der Waals surface area contributed by atoms with Crippen molar-refractivity contribution in [2.45, 2.75) is 31.9 Å². The fraction of sp³-hybridized carbons (Fsp3) is 0.409. The molecule has 0 aromatic heterocycles. The van der Waals surface area contributed by atoms with Gasteiger partial charge in [0, 0.05) is 37.4 Å². The summed E-state index contributed by atoms with van der Waals surface area (Å²) in [5.41, 5.74) is 1.90. The fourth-order valence-electron chi connectivity index (χ4n) is 4.00. The van der Waals surface area contributed by atoms with Crippen LogP contribution in [0.4, 0.5) is 10.5 Å². The lowest BCUT2D eigenvalue weighted by molar-refractivity contribution is 0.200. The Hall–Kier alpha value is -2.53. The number of carbonyl (C=O) groups excluding carboxylic acids is 1. The summed E-state index contributed by atoms with van der Waals surface area (Å²) in [7, 11) is 0. The van der Waals surface area contributed by atoms with E-state index in [1.165, 1.54) is 19.4 Å². The molecule has 0 aliphatic carbocycles. The molecule has 27 heavy (non-hydrogen) atoms. The van der Waals surface area contributed by atoms with Crippen LogP contribution in [0, 0.1) is 0 Å². The third-order valence-corrected chi connectivity index (χ3v) is 5.42.